The van der Waals surface area contributed by atoms with Crippen LogP contribution in [0.3, 0.4) is 0 Å². The first-order valence-electron chi connectivity index (χ1n) is 5.04. The standard InChI is InChI=1S/C11H14Cl2N2O/c1-2-8(6-14)15-11(16)9-5-7(12)3-4-10(9)13/h3-5,8H,2,6,14H2,1H3,(H,15,16). The van der Waals surface area contributed by atoms with E-state index in [9.17, 15) is 4.79 Å². The van der Waals surface area contributed by atoms with Crippen LogP contribution in [0.2, 0.25) is 10.0 Å². The fraction of sp³-hybridized carbons (Fsp3) is 0.364. The first-order chi connectivity index (χ1) is 7.58. The van der Waals surface area contributed by atoms with Crippen molar-refractivity contribution in [3.05, 3.63) is 33.8 Å². The molecule has 0 aliphatic heterocycles. The molecule has 3 nitrogen and oxygen atoms in total. The zero-order valence-electron chi connectivity index (χ0n) is 8.97. The topological polar surface area (TPSA) is 55.1 Å². The van der Waals surface area contributed by atoms with Gasteiger partial charge in [0, 0.05) is 17.6 Å². The minimum atomic E-state index is -0.246. The molecular weight excluding hydrogens is 247 g/mol. The normalized spacial score (nSPS) is 12.2. The Hall–Kier alpha value is -0.770. The fourth-order valence-corrected chi connectivity index (χ4v) is 1.64. The zero-order valence-corrected chi connectivity index (χ0v) is 10.5. The summed E-state index contributed by atoms with van der Waals surface area (Å²) in [5.74, 6) is -0.246. The highest BCUT2D eigenvalue weighted by atomic mass is 35.5. The van der Waals surface area contributed by atoms with Crippen molar-refractivity contribution in [2.45, 2.75) is 19.4 Å². The maximum absolute atomic E-state index is 11.8. The van der Waals surface area contributed by atoms with E-state index in [1.54, 1.807) is 18.2 Å². The molecule has 0 saturated carbocycles. The van der Waals surface area contributed by atoms with Crippen molar-refractivity contribution in [1.29, 1.82) is 0 Å². The van der Waals surface area contributed by atoms with Gasteiger partial charge in [0.15, 0.2) is 0 Å². The van der Waals surface area contributed by atoms with Gasteiger partial charge in [-0.05, 0) is 24.6 Å². The molecule has 0 aliphatic carbocycles. The van der Waals surface area contributed by atoms with Crippen LogP contribution in [0.1, 0.15) is 23.7 Å². The molecule has 1 unspecified atom stereocenters. The van der Waals surface area contributed by atoms with Gasteiger partial charge in [-0.1, -0.05) is 30.1 Å². The number of hydrogen-bond donors (Lipinski definition) is 2. The van der Waals surface area contributed by atoms with Crippen LogP contribution in [-0.4, -0.2) is 18.5 Å². The average molecular weight is 261 g/mol. The molecular formula is C11H14Cl2N2O. The van der Waals surface area contributed by atoms with Gasteiger partial charge < -0.3 is 11.1 Å². The lowest BCUT2D eigenvalue weighted by atomic mass is 10.1. The monoisotopic (exact) mass is 260 g/mol. The predicted octanol–water partition coefficient (Wildman–Crippen LogP) is 2.46. The van der Waals surface area contributed by atoms with Gasteiger partial charge in [-0.25, -0.2) is 0 Å². The van der Waals surface area contributed by atoms with Crippen LogP contribution in [0.15, 0.2) is 18.2 Å². The van der Waals surface area contributed by atoms with Crippen molar-refractivity contribution >= 4 is 29.1 Å². The van der Waals surface area contributed by atoms with Crippen LogP contribution in [-0.2, 0) is 0 Å². The number of nitrogens with one attached hydrogen (secondary N) is 1. The van der Waals surface area contributed by atoms with Gasteiger partial charge >= 0.3 is 0 Å². The number of benzene rings is 1. The number of halogens is 2. The number of nitrogens with two attached hydrogens (primary N) is 1. The molecule has 1 aromatic rings. The Balaban J connectivity index is 2.83. The van der Waals surface area contributed by atoms with Crippen LogP contribution >= 0.6 is 23.2 Å². The molecule has 0 bridgehead atoms. The van der Waals surface area contributed by atoms with Crippen LogP contribution in [0.5, 0.6) is 0 Å². The van der Waals surface area contributed by atoms with Gasteiger partial charge in [0.1, 0.15) is 0 Å². The molecule has 1 atom stereocenters. The van der Waals surface area contributed by atoms with Gasteiger partial charge in [-0.2, -0.15) is 0 Å². The second-order valence-electron chi connectivity index (χ2n) is 3.44. The summed E-state index contributed by atoms with van der Waals surface area (Å²) in [5.41, 5.74) is 5.88. The van der Waals surface area contributed by atoms with E-state index < -0.39 is 0 Å². The van der Waals surface area contributed by atoms with Gasteiger partial charge in [0.25, 0.3) is 5.91 Å². The van der Waals surface area contributed by atoms with Gasteiger partial charge in [0.05, 0.1) is 10.6 Å². The van der Waals surface area contributed by atoms with Gasteiger partial charge in [-0.3, -0.25) is 4.79 Å². The molecule has 5 heteroatoms. The van der Waals surface area contributed by atoms with E-state index in [1.165, 1.54) is 0 Å². The molecule has 0 fully saturated rings. The number of hydrogen-bond acceptors (Lipinski definition) is 2. The Bertz CT molecular complexity index is 378. The smallest absolute Gasteiger partial charge is 0.253 e. The Morgan fingerprint density at radius 1 is 1.50 bits per heavy atom. The number of carbonyl (C=O) groups is 1. The van der Waals surface area contributed by atoms with Crippen molar-refractivity contribution in [3.63, 3.8) is 0 Å². The second-order valence-corrected chi connectivity index (χ2v) is 4.28. The first kappa shape index (κ1) is 13.3. The summed E-state index contributed by atoms with van der Waals surface area (Å²) in [4.78, 5) is 11.8. The summed E-state index contributed by atoms with van der Waals surface area (Å²) in [6.07, 6.45) is 0.778. The highest BCUT2D eigenvalue weighted by Crippen LogP contribution is 2.20. The Labute approximate surface area is 105 Å². The molecule has 1 rings (SSSR count). The van der Waals surface area contributed by atoms with E-state index in [4.69, 9.17) is 28.9 Å². The molecule has 0 radical (unpaired) electrons. The molecule has 1 aromatic carbocycles. The van der Waals surface area contributed by atoms with Crippen LogP contribution < -0.4 is 11.1 Å². The third-order valence-corrected chi connectivity index (χ3v) is 2.85. The molecule has 1 amide bonds. The lowest BCUT2D eigenvalue weighted by Gasteiger charge is -2.15. The lowest BCUT2D eigenvalue weighted by molar-refractivity contribution is 0.0937. The largest absolute Gasteiger partial charge is 0.348 e. The third-order valence-electron chi connectivity index (χ3n) is 2.29. The second kappa shape index (κ2) is 6.09. The molecule has 0 aliphatic rings. The predicted molar refractivity (Wildman–Crippen MR) is 67.1 cm³/mol. The molecule has 0 saturated heterocycles. The van der Waals surface area contributed by atoms with Crippen molar-refractivity contribution in [2.24, 2.45) is 5.73 Å². The number of carbonyl (C=O) groups excluding carboxylic acids is 1. The van der Waals surface area contributed by atoms with Crippen LogP contribution in [0.4, 0.5) is 0 Å². The van der Waals surface area contributed by atoms with Crippen LogP contribution in [0.25, 0.3) is 0 Å². The summed E-state index contributed by atoms with van der Waals surface area (Å²) in [6.45, 7) is 2.36. The minimum Gasteiger partial charge on any atom is -0.348 e. The molecule has 0 spiro atoms. The summed E-state index contributed by atoms with van der Waals surface area (Å²) in [6, 6.07) is 4.74. The maximum atomic E-state index is 11.8. The van der Waals surface area contributed by atoms with E-state index >= 15 is 0 Å². The fourth-order valence-electron chi connectivity index (χ4n) is 1.26. The van der Waals surface area contributed by atoms with E-state index in [0.29, 0.717) is 22.2 Å². The van der Waals surface area contributed by atoms with E-state index in [1.807, 2.05) is 6.92 Å². The molecule has 16 heavy (non-hydrogen) atoms. The van der Waals surface area contributed by atoms with Crippen molar-refractivity contribution in [2.75, 3.05) is 6.54 Å². The molecule has 0 aromatic heterocycles. The number of rotatable bonds is 4. The first-order valence-corrected chi connectivity index (χ1v) is 5.80. The average Bonchev–Trinajstić information content (AvgIpc) is 2.28. The molecule has 3 N–H and O–H groups in total. The Kier molecular flexibility index (Phi) is 5.06. The summed E-state index contributed by atoms with van der Waals surface area (Å²) < 4.78 is 0. The van der Waals surface area contributed by atoms with Crippen LogP contribution in [0, 0.1) is 0 Å². The summed E-state index contributed by atoms with van der Waals surface area (Å²) in [7, 11) is 0. The highest BCUT2D eigenvalue weighted by Gasteiger charge is 2.14. The SMILES string of the molecule is CCC(CN)NC(=O)c1cc(Cl)ccc1Cl. The maximum Gasteiger partial charge on any atom is 0.253 e. The Morgan fingerprint density at radius 3 is 2.75 bits per heavy atom. The van der Waals surface area contributed by atoms with E-state index in [-0.39, 0.29) is 11.9 Å². The van der Waals surface area contributed by atoms with Crippen molar-refractivity contribution < 1.29 is 4.79 Å². The van der Waals surface area contributed by atoms with Gasteiger partial charge in [0.2, 0.25) is 0 Å². The molecule has 0 heterocycles. The minimum absolute atomic E-state index is 0.0393. The van der Waals surface area contributed by atoms with Gasteiger partial charge in [-0.15, -0.1) is 0 Å². The quantitative estimate of drug-likeness (QED) is 0.874. The van der Waals surface area contributed by atoms with Crippen molar-refractivity contribution in [3.8, 4) is 0 Å². The third kappa shape index (κ3) is 3.37. The number of amides is 1. The van der Waals surface area contributed by atoms with E-state index in [0.717, 1.165) is 6.42 Å². The summed E-state index contributed by atoms with van der Waals surface area (Å²) >= 11 is 11.7. The summed E-state index contributed by atoms with van der Waals surface area (Å²) in [5, 5.41) is 3.66. The Morgan fingerprint density at radius 2 is 2.19 bits per heavy atom. The lowest BCUT2D eigenvalue weighted by Crippen LogP contribution is -2.39. The molecule has 88 valence electrons. The van der Waals surface area contributed by atoms with Crippen molar-refractivity contribution in [1.82, 2.24) is 5.32 Å². The zero-order chi connectivity index (χ0) is 12.1. The van der Waals surface area contributed by atoms with E-state index in [2.05, 4.69) is 5.32 Å². The highest BCUT2D eigenvalue weighted by molar-refractivity contribution is 6.35.